The Morgan fingerprint density at radius 3 is 1.25 bits per heavy atom. The van der Waals surface area contributed by atoms with E-state index in [2.05, 4.69) is 78.8 Å². The molecule has 0 amide bonds. The summed E-state index contributed by atoms with van der Waals surface area (Å²) in [5.41, 5.74) is 6.19. The van der Waals surface area contributed by atoms with Crippen LogP contribution in [-0.4, -0.2) is 73.0 Å². The smallest absolute Gasteiger partial charge is 0.0606 e. The van der Waals surface area contributed by atoms with Gasteiger partial charge in [-0.3, -0.25) is 0 Å². The third-order valence-corrected chi connectivity index (χ3v) is 6.24. The van der Waals surface area contributed by atoms with E-state index in [9.17, 15) is 0 Å². The van der Waals surface area contributed by atoms with Crippen molar-refractivity contribution in [3.05, 3.63) is 59.2 Å². The zero-order valence-electron chi connectivity index (χ0n) is 23.5. The molecule has 0 saturated heterocycles. The van der Waals surface area contributed by atoms with Crippen molar-refractivity contribution in [3.63, 3.8) is 0 Å². The first-order valence-corrected chi connectivity index (χ1v) is 13.2. The summed E-state index contributed by atoms with van der Waals surface area (Å²) >= 11 is 0. The van der Waals surface area contributed by atoms with E-state index < -0.39 is 0 Å². The Morgan fingerprint density at radius 2 is 0.944 bits per heavy atom. The average Bonchev–Trinajstić information content (AvgIpc) is 2.83. The minimum atomic E-state index is 0.0982. The largest absolute Gasteiger partial charge is 0.395 e. The van der Waals surface area contributed by atoms with Crippen LogP contribution < -0.4 is 9.80 Å². The lowest BCUT2D eigenvalue weighted by Gasteiger charge is -2.25. The van der Waals surface area contributed by atoms with E-state index in [1.807, 2.05) is 21.9 Å². The molecule has 204 valence electrons. The molecule has 0 bridgehead atoms. The molecule has 0 unspecified atom stereocenters. The normalized spacial score (nSPS) is 11.5. The minimum Gasteiger partial charge on any atom is -0.395 e. The van der Waals surface area contributed by atoms with Crippen LogP contribution in [0, 0.1) is 0 Å². The summed E-state index contributed by atoms with van der Waals surface area (Å²) in [6, 6.07) is 14.9. The quantitative estimate of drug-likeness (QED) is 0.342. The van der Waals surface area contributed by atoms with Crippen molar-refractivity contribution >= 4 is 11.4 Å². The fraction of sp³-hybridized carbons (Fsp3) is 0.600. The zero-order chi connectivity index (χ0) is 27.3. The van der Waals surface area contributed by atoms with Gasteiger partial charge in [0.2, 0.25) is 0 Å². The van der Waals surface area contributed by atoms with Crippen molar-refractivity contribution < 1.29 is 20.4 Å². The summed E-state index contributed by atoms with van der Waals surface area (Å²) in [7, 11) is 0. The first-order valence-electron chi connectivity index (χ1n) is 13.2. The van der Waals surface area contributed by atoms with Crippen LogP contribution in [0.5, 0.6) is 0 Å². The monoisotopic (exact) mass is 502 g/mol. The van der Waals surface area contributed by atoms with E-state index in [1.165, 1.54) is 16.7 Å². The van der Waals surface area contributed by atoms with E-state index in [0.29, 0.717) is 38.0 Å². The third-order valence-electron chi connectivity index (χ3n) is 6.24. The van der Waals surface area contributed by atoms with Gasteiger partial charge >= 0.3 is 0 Å². The molecule has 2 aromatic rings. The van der Waals surface area contributed by atoms with Crippen molar-refractivity contribution in [2.24, 2.45) is 0 Å². The van der Waals surface area contributed by atoms with Crippen LogP contribution in [0.1, 0.15) is 77.0 Å². The minimum absolute atomic E-state index is 0.0982. The summed E-state index contributed by atoms with van der Waals surface area (Å²) < 4.78 is 0. The molecule has 0 fully saturated rings. The molecule has 6 heteroatoms. The molecule has 0 radical (unpaired) electrons. The topological polar surface area (TPSA) is 87.4 Å². The van der Waals surface area contributed by atoms with E-state index in [4.69, 9.17) is 20.4 Å². The number of anilines is 2. The van der Waals surface area contributed by atoms with Gasteiger partial charge in [0.1, 0.15) is 0 Å². The summed E-state index contributed by atoms with van der Waals surface area (Å²) in [6.45, 7) is 17.9. The summed E-state index contributed by atoms with van der Waals surface area (Å²) in [5.74, 6) is 0.949. The molecular weight excluding hydrogens is 452 g/mol. The van der Waals surface area contributed by atoms with Gasteiger partial charge in [0, 0.05) is 37.6 Å². The Labute approximate surface area is 219 Å². The molecule has 0 atom stereocenters. The fourth-order valence-corrected chi connectivity index (χ4v) is 3.90. The highest BCUT2D eigenvalue weighted by Crippen LogP contribution is 2.28. The van der Waals surface area contributed by atoms with Crippen molar-refractivity contribution in [3.8, 4) is 0 Å². The molecule has 0 aliphatic carbocycles. The molecule has 36 heavy (non-hydrogen) atoms. The van der Waals surface area contributed by atoms with Crippen molar-refractivity contribution in [2.45, 2.75) is 65.7 Å². The Hall–Kier alpha value is -2.12. The van der Waals surface area contributed by atoms with Crippen LogP contribution in [-0.2, 0) is 5.41 Å². The second kappa shape index (κ2) is 15.9. The lowest BCUT2D eigenvalue weighted by atomic mass is 9.87. The second-order valence-corrected chi connectivity index (χ2v) is 10.8. The number of aliphatic hydroxyl groups is 4. The molecular formula is C30H50N2O4. The highest BCUT2D eigenvalue weighted by Gasteiger charge is 2.14. The van der Waals surface area contributed by atoms with Gasteiger partial charge in [-0.15, -0.1) is 0 Å². The first-order chi connectivity index (χ1) is 17.0. The molecule has 2 rings (SSSR count). The number of rotatable bonds is 12. The van der Waals surface area contributed by atoms with E-state index in [0.717, 1.165) is 11.4 Å². The summed E-state index contributed by atoms with van der Waals surface area (Å²) in [4.78, 5) is 4.02. The van der Waals surface area contributed by atoms with Crippen molar-refractivity contribution in [1.82, 2.24) is 0 Å². The molecule has 0 spiro atoms. The predicted octanol–water partition coefficient (Wildman–Crippen LogP) is 4.50. The SMILES string of the molecule is CC(C)(C)c1ccc(N(CCO)CCO)cc1.CC(C)c1cc(C(C)C)cc(N(CCO)CCO)c1. The van der Waals surface area contributed by atoms with E-state index in [-0.39, 0.29) is 31.8 Å². The molecule has 0 heterocycles. The number of hydrogen-bond donors (Lipinski definition) is 4. The van der Waals surface area contributed by atoms with Crippen LogP contribution in [0.4, 0.5) is 11.4 Å². The van der Waals surface area contributed by atoms with Crippen LogP contribution >= 0.6 is 0 Å². The maximum atomic E-state index is 9.16. The van der Waals surface area contributed by atoms with Gasteiger partial charge in [-0.1, -0.05) is 66.7 Å². The first kappa shape index (κ1) is 31.9. The molecule has 0 aliphatic rings. The van der Waals surface area contributed by atoms with E-state index in [1.54, 1.807) is 0 Å². The maximum Gasteiger partial charge on any atom is 0.0606 e. The van der Waals surface area contributed by atoms with Gasteiger partial charge in [0.05, 0.1) is 26.4 Å². The molecule has 0 aliphatic heterocycles. The summed E-state index contributed by atoms with van der Waals surface area (Å²) in [5, 5.41) is 36.3. The molecule has 0 saturated carbocycles. The van der Waals surface area contributed by atoms with Gasteiger partial charge in [-0.25, -0.2) is 0 Å². The Bertz CT molecular complexity index is 822. The average molecular weight is 503 g/mol. The predicted molar refractivity (Wildman–Crippen MR) is 153 cm³/mol. The van der Waals surface area contributed by atoms with Crippen LogP contribution in [0.15, 0.2) is 42.5 Å². The van der Waals surface area contributed by atoms with Gasteiger partial charge in [0.15, 0.2) is 0 Å². The molecule has 6 nitrogen and oxygen atoms in total. The third kappa shape index (κ3) is 10.5. The van der Waals surface area contributed by atoms with Crippen molar-refractivity contribution in [2.75, 3.05) is 62.4 Å². The van der Waals surface area contributed by atoms with Gasteiger partial charge in [0.25, 0.3) is 0 Å². The molecule has 0 aromatic heterocycles. The Balaban J connectivity index is 0.000000362. The van der Waals surface area contributed by atoms with E-state index >= 15 is 0 Å². The van der Waals surface area contributed by atoms with Crippen LogP contribution in [0.3, 0.4) is 0 Å². The highest BCUT2D eigenvalue weighted by molar-refractivity contribution is 5.53. The fourth-order valence-electron chi connectivity index (χ4n) is 3.90. The molecule has 2 aromatic carbocycles. The van der Waals surface area contributed by atoms with Gasteiger partial charge in [-0.05, 0) is 58.2 Å². The molecule has 4 N–H and O–H groups in total. The lowest BCUT2D eigenvalue weighted by molar-refractivity contribution is 0.280. The lowest BCUT2D eigenvalue weighted by Crippen LogP contribution is -2.29. The second-order valence-electron chi connectivity index (χ2n) is 10.8. The number of nitrogens with zero attached hydrogens (tertiary/aromatic N) is 2. The number of hydrogen-bond acceptors (Lipinski definition) is 6. The Morgan fingerprint density at radius 1 is 0.583 bits per heavy atom. The van der Waals surface area contributed by atoms with Gasteiger partial charge in [-0.2, -0.15) is 0 Å². The highest BCUT2D eigenvalue weighted by atomic mass is 16.3. The Kier molecular flexibility index (Phi) is 14.1. The van der Waals surface area contributed by atoms with Crippen LogP contribution in [0.25, 0.3) is 0 Å². The number of benzene rings is 2. The van der Waals surface area contributed by atoms with Crippen molar-refractivity contribution in [1.29, 1.82) is 0 Å². The van der Waals surface area contributed by atoms with Crippen LogP contribution in [0.2, 0.25) is 0 Å². The zero-order valence-corrected chi connectivity index (χ0v) is 23.5. The maximum absolute atomic E-state index is 9.16. The summed E-state index contributed by atoms with van der Waals surface area (Å²) in [6.07, 6.45) is 0. The number of aliphatic hydroxyl groups excluding tert-OH is 4. The van der Waals surface area contributed by atoms with Gasteiger partial charge < -0.3 is 30.2 Å². The standard InChI is InChI=1S/C16H27NO2.C14H23NO2/c1-12(2)14-9-15(13(3)4)11-16(10-14)17(5-7-18)6-8-19;1-14(2,3)12-4-6-13(7-5-12)15(8-10-16)9-11-17/h9-13,18-19H,5-8H2,1-4H3;4-7,16-17H,8-11H2,1-3H3.